The number of rotatable bonds is 2. The molecule has 0 bridgehead atoms. The summed E-state index contributed by atoms with van der Waals surface area (Å²) in [6.45, 7) is 1.72. The van der Waals surface area contributed by atoms with Gasteiger partial charge in [-0.25, -0.2) is 4.79 Å². The third-order valence-corrected chi connectivity index (χ3v) is 2.48. The van der Waals surface area contributed by atoms with Crippen LogP contribution >= 0.6 is 0 Å². The molecule has 0 aromatic carbocycles. The van der Waals surface area contributed by atoms with E-state index in [1.807, 2.05) is 0 Å². The Morgan fingerprint density at radius 3 is 1.86 bits per heavy atom. The third-order valence-electron chi connectivity index (χ3n) is 2.48. The van der Waals surface area contributed by atoms with Gasteiger partial charge in [-0.3, -0.25) is 25.1 Å². The predicted molar refractivity (Wildman–Crippen MR) is 48.4 cm³/mol. The first kappa shape index (κ1) is 10.6. The lowest BCUT2D eigenvalue weighted by atomic mass is 9.91. The maximum Gasteiger partial charge on any atom is 0.328 e. The van der Waals surface area contributed by atoms with Gasteiger partial charge in [0.15, 0.2) is 5.54 Å². The van der Waals surface area contributed by atoms with Gasteiger partial charge in [0.25, 0.3) is 11.8 Å². The normalized spacial score (nSPS) is 20.7. The summed E-state index contributed by atoms with van der Waals surface area (Å²) in [6.07, 6.45) is 0.310. The Labute approximate surface area is 81.6 Å². The summed E-state index contributed by atoms with van der Waals surface area (Å²) in [5.74, 6) is -1.14. The van der Waals surface area contributed by atoms with E-state index in [-0.39, 0.29) is 0 Å². The van der Waals surface area contributed by atoms with Crippen molar-refractivity contribution in [2.75, 3.05) is 14.1 Å². The van der Waals surface area contributed by atoms with Gasteiger partial charge in [-0.15, -0.1) is 0 Å². The minimum Gasteiger partial charge on any atom is -0.288 e. The lowest BCUT2D eigenvalue weighted by Crippen LogP contribution is -2.71. The number of amides is 4. The van der Waals surface area contributed by atoms with Gasteiger partial charge in [-0.1, -0.05) is 6.92 Å². The van der Waals surface area contributed by atoms with Crippen molar-refractivity contribution in [3.63, 3.8) is 0 Å². The van der Waals surface area contributed by atoms with E-state index in [0.717, 1.165) is 0 Å². The van der Waals surface area contributed by atoms with E-state index < -0.39 is 23.4 Å². The number of carbonyl (C=O) groups excluding carboxylic acids is 3. The second-order valence-corrected chi connectivity index (χ2v) is 3.35. The summed E-state index contributed by atoms with van der Waals surface area (Å²) in [6, 6.07) is -0.758. The molecule has 14 heavy (non-hydrogen) atoms. The molecule has 1 rings (SSSR count). The molecule has 6 heteroatoms. The van der Waals surface area contributed by atoms with Crippen molar-refractivity contribution >= 4 is 17.8 Å². The van der Waals surface area contributed by atoms with Crippen molar-refractivity contribution in [2.24, 2.45) is 0 Å². The molecule has 1 aliphatic heterocycles. The summed E-state index contributed by atoms with van der Waals surface area (Å²) in [7, 11) is 3.25. The second kappa shape index (κ2) is 3.38. The topological polar surface area (TPSA) is 78.5 Å². The number of likely N-dealkylation sites (N-methyl/N-ethyl adjacent to an activating group) is 1. The first-order chi connectivity index (χ1) is 6.45. The lowest BCUT2D eigenvalue weighted by molar-refractivity contribution is -0.145. The van der Waals surface area contributed by atoms with Crippen molar-refractivity contribution in [3.8, 4) is 0 Å². The van der Waals surface area contributed by atoms with E-state index in [0.29, 0.717) is 6.42 Å². The van der Waals surface area contributed by atoms with Crippen LogP contribution in [0, 0.1) is 0 Å². The molecule has 0 spiro atoms. The van der Waals surface area contributed by atoms with Gasteiger partial charge >= 0.3 is 6.03 Å². The number of hydrogen-bond donors (Lipinski definition) is 2. The molecule has 1 aliphatic rings. The minimum atomic E-state index is -1.27. The number of carbonyl (C=O) groups is 3. The van der Waals surface area contributed by atoms with Gasteiger partial charge in [0.1, 0.15) is 0 Å². The highest BCUT2D eigenvalue weighted by atomic mass is 16.2. The molecule has 78 valence electrons. The zero-order chi connectivity index (χ0) is 10.9. The van der Waals surface area contributed by atoms with Crippen LogP contribution in [0.15, 0.2) is 0 Å². The van der Waals surface area contributed by atoms with Crippen molar-refractivity contribution in [1.29, 1.82) is 0 Å². The van der Waals surface area contributed by atoms with Crippen LogP contribution in [0.25, 0.3) is 0 Å². The molecule has 1 heterocycles. The lowest BCUT2D eigenvalue weighted by Gasteiger charge is -2.38. The molecule has 0 saturated carbocycles. The Morgan fingerprint density at radius 2 is 1.57 bits per heavy atom. The van der Waals surface area contributed by atoms with Gasteiger partial charge in [0.2, 0.25) is 0 Å². The fourth-order valence-corrected chi connectivity index (χ4v) is 1.59. The highest BCUT2D eigenvalue weighted by molar-refractivity contribution is 6.22. The molecule has 0 atom stereocenters. The maximum absolute atomic E-state index is 11.6. The molecule has 0 aromatic heterocycles. The molecule has 1 saturated heterocycles. The summed E-state index contributed by atoms with van der Waals surface area (Å²) < 4.78 is 0. The molecule has 0 radical (unpaired) electrons. The third kappa shape index (κ3) is 1.27. The average Bonchev–Trinajstić information content (AvgIpc) is 2.03. The number of imide groups is 2. The van der Waals surface area contributed by atoms with Crippen molar-refractivity contribution in [1.82, 2.24) is 15.5 Å². The molecule has 0 aliphatic carbocycles. The zero-order valence-corrected chi connectivity index (χ0v) is 8.38. The summed E-state index contributed by atoms with van der Waals surface area (Å²) in [5, 5.41) is 4.16. The van der Waals surface area contributed by atoms with E-state index >= 15 is 0 Å². The highest BCUT2D eigenvalue weighted by Gasteiger charge is 2.50. The van der Waals surface area contributed by atoms with Gasteiger partial charge in [-0.05, 0) is 20.5 Å². The van der Waals surface area contributed by atoms with Crippen LogP contribution in [0.3, 0.4) is 0 Å². The number of nitrogens with zero attached hydrogens (tertiary/aromatic N) is 1. The molecule has 4 amide bonds. The smallest absolute Gasteiger partial charge is 0.288 e. The van der Waals surface area contributed by atoms with Crippen LogP contribution < -0.4 is 10.6 Å². The van der Waals surface area contributed by atoms with Crippen molar-refractivity contribution in [2.45, 2.75) is 18.9 Å². The van der Waals surface area contributed by atoms with E-state index in [2.05, 4.69) is 10.6 Å². The maximum atomic E-state index is 11.6. The van der Waals surface area contributed by atoms with Crippen molar-refractivity contribution < 1.29 is 14.4 Å². The molecular weight excluding hydrogens is 186 g/mol. The Kier molecular flexibility index (Phi) is 2.57. The number of hydrogen-bond acceptors (Lipinski definition) is 4. The number of barbiturate groups is 1. The second-order valence-electron chi connectivity index (χ2n) is 3.35. The van der Waals surface area contributed by atoms with Crippen molar-refractivity contribution in [3.05, 3.63) is 0 Å². The molecule has 0 aromatic rings. The van der Waals surface area contributed by atoms with Crippen LogP contribution in [0.1, 0.15) is 13.3 Å². The first-order valence-corrected chi connectivity index (χ1v) is 4.29. The van der Waals surface area contributed by atoms with E-state index in [4.69, 9.17) is 0 Å². The molecule has 0 unspecified atom stereocenters. The van der Waals surface area contributed by atoms with Crippen LogP contribution in [0.4, 0.5) is 4.79 Å². The highest BCUT2D eigenvalue weighted by Crippen LogP contribution is 2.19. The van der Waals surface area contributed by atoms with E-state index in [1.165, 1.54) is 4.90 Å². The Morgan fingerprint density at radius 1 is 1.14 bits per heavy atom. The zero-order valence-electron chi connectivity index (χ0n) is 8.38. The van der Waals surface area contributed by atoms with E-state index in [9.17, 15) is 14.4 Å². The number of nitrogens with one attached hydrogen (secondary N) is 2. The van der Waals surface area contributed by atoms with E-state index in [1.54, 1.807) is 21.0 Å². The Bertz CT molecular complexity index is 278. The van der Waals surface area contributed by atoms with Gasteiger partial charge in [0, 0.05) is 0 Å². The quantitative estimate of drug-likeness (QED) is 0.563. The summed E-state index contributed by atoms with van der Waals surface area (Å²) >= 11 is 0. The largest absolute Gasteiger partial charge is 0.328 e. The van der Waals surface area contributed by atoms with Gasteiger partial charge < -0.3 is 0 Å². The monoisotopic (exact) mass is 199 g/mol. The van der Waals surface area contributed by atoms with Crippen LogP contribution in [0.5, 0.6) is 0 Å². The summed E-state index contributed by atoms with van der Waals surface area (Å²) in [4.78, 5) is 35.5. The number of urea groups is 1. The average molecular weight is 199 g/mol. The first-order valence-electron chi connectivity index (χ1n) is 4.29. The fourth-order valence-electron chi connectivity index (χ4n) is 1.59. The van der Waals surface area contributed by atoms with Gasteiger partial charge in [-0.2, -0.15) is 0 Å². The fraction of sp³-hybridized carbons (Fsp3) is 0.625. The molecule has 1 fully saturated rings. The minimum absolute atomic E-state index is 0.310. The molecule has 2 N–H and O–H groups in total. The molecule has 6 nitrogen and oxygen atoms in total. The van der Waals surface area contributed by atoms with Crippen LogP contribution in [0.2, 0.25) is 0 Å². The van der Waals surface area contributed by atoms with Crippen LogP contribution in [-0.4, -0.2) is 42.4 Å². The standard InChI is InChI=1S/C8H13N3O3/c1-4-8(11(2)3)5(12)9-7(14)10-6(8)13/h4H2,1-3H3,(H2,9,10,12,13,14). The SMILES string of the molecule is CCC1(N(C)C)C(=O)NC(=O)NC1=O. The summed E-state index contributed by atoms with van der Waals surface area (Å²) in [5.41, 5.74) is -1.27. The van der Waals surface area contributed by atoms with Crippen LogP contribution in [-0.2, 0) is 9.59 Å². The van der Waals surface area contributed by atoms with Gasteiger partial charge in [0.05, 0.1) is 0 Å². The Hall–Kier alpha value is -1.43. The molecular formula is C8H13N3O3. The Balaban J connectivity index is 3.11. The predicted octanol–water partition coefficient (Wildman–Crippen LogP) is -0.937.